The molecule has 6 nitrogen and oxygen atoms in total. The van der Waals surface area contributed by atoms with E-state index in [-0.39, 0.29) is 23.8 Å². The summed E-state index contributed by atoms with van der Waals surface area (Å²) in [6.45, 7) is 5.21. The van der Waals surface area contributed by atoms with Crippen LogP contribution >= 0.6 is 11.3 Å². The summed E-state index contributed by atoms with van der Waals surface area (Å²) in [7, 11) is 3.26. The number of carbonyl (C=O) groups is 2. The van der Waals surface area contributed by atoms with Crippen LogP contribution in [0.15, 0.2) is 60.0 Å². The van der Waals surface area contributed by atoms with Crippen molar-refractivity contribution in [3.8, 4) is 11.5 Å². The van der Waals surface area contributed by atoms with Gasteiger partial charge in [0.25, 0.3) is 5.91 Å². The van der Waals surface area contributed by atoms with Crippen molar-refractivity contribution in [3.05, 3.63) is 81.5 Å². The van der Waals surface area contributed by atoms with Gasteiger partial charge >= 0.3 is 0 Å². The Bertz CT molecular complexity index is 1180. The van der Waals surface area contributed by atoms with Crippen LogP contribution in [-0.2, 0) is 11.2 Å². The van der Waals surface area contributed by atoms with E-state index >= 15 is 0 Å². The summed E-state index contributed by atoms with van der Waals surface area (Å²) >= 11 is 1.58. The Morgan fingerprint density at radius 3 is 2.57 bits per heavy atom. The molecule has 0 aliphatic carbocycles. The molecular weight excluding hydrogens is 460 g/mol. The fourth-order valence-electron chi connectivity index (χ4n) is 4.75. The lowest BCUT2D eigenvalue weighted by atomic mass is 9.81. The quantitative estimate of drug-likeness (QED) is 0.453. The number of nitrogens with one attached hydrogen (secondary N) is 1. The molecule has 0 unspecified atom stereocenters. The van der Waals surface area contributed by atoms with E-state index in [1.165, 1.54) is 0 Å². The zero-order valence-electron chi connectivity index (χ0n) is 20.6. The van der Waals surface area contributed by atoms with Gasteiger partial charge in [0, 0.05) is 23.5 Å². The highest BCUT2D eigenvalue weighted by atomic mass is 32.1. The van der Waals surface area contributed by atoms with Gasteiger partial charge in [-0.2, -0.15) is 0 Å². The molecule has 2 amide bonds. The molecule has 184 valence electrons. The second-order valence-corrected chi connectivity index (χ2v) is 10.1. The Morgan fingerprint density at radius 2 is 1.89 bits per heavy atom. The molecule has 2 aromatic carbocycles. The van der Waals surface area contributed by atoms with Gasteiger partial charge < -0.3 is 19.7 Å². The Balaban J connectivity index is 1.63. The number of amides is 2. The number of ether oxygens (including phenoxy) is 2. The van der Waals surface area contributed by atoms with Crippen LogP contribution in [0.3, 0.4) is 0 Å². The van der Waals surface area contributed by atoms with Crippen molar-refractivity contribution in [3.63, 3.8) is 0 Å². The highest BCUT2D eigenvalue weighted by molar-refractivity contribution is 7.10. The minimum atomic E-state index is -0.492. The largest absolute Gasteiger partial charge is 0.497 e. The lowest BCUT2D eigenvalue weighted by molar-refractivity contribution is -0.124. The number of fused-ring (bicyclic) bond motifs is 1. The maximum atomic E-state index is 13.8. The molecule has 35 heavy (non-hydrogen) atoms. The first-order valence-corrected chi connectivity index (χ1v) is 12.7. The smallest absolute Gasteiger partial charge is 0.254 e. The van der Waals surface area contributed by atoms with Crippen LogP contribution in [-0.4, -0.2) is 44.0 Å². The molecule has 1 aromatic heterocycles. The SMILES string of the molecule is COc1ccc(OC)c(CCNC(=O)[C@@H]2c3ccccc3C(=O)N(CC(C)C)[C@@H]2c2cccs2)c1. The molecule has 2 heterocycles. The van der Waals surface area contributed by atoms with Crippen molar-refractivity contribution in [1.29, 1.82) is 0 Å². The van der Waals surface area contributed by atoms with Crippen molar-refractivity contribution in [2.45, 2.75) is 32.2 Å². The van der Waals surface area contributed by atoms with Gasteiger partial charge in [-0.25, -0.2) is 0 Å². The van der Waals surface area contributed by atoms with E-state index in [4.69, 9.17) is 9.47 Å². The molecule has 0 spiro atoms. The Hall–Kier alpha value is -3.32. The number of thiophene rings is 1. The number of hydrogen-bond acceptors (Lipinski definition) is 5. The van der Waals surface area contributed by atoms with E-state index in [0.29, 0.717) is 25.1 Å². The summed E-state index contributed by atoms with van der Waals surface area (Å²) in [6, 6.07) is 16.8. The van der Waals surface area contributed by atoms with E-state index in [1.54, 1.807) is 25.6 Å². The molecule has 1 N–H and O–H groups in total. The fourth-order valence-corrected chi connectivity index (χ4v) is 5.63. The Labute approximate surface area is 210 Å². The zero-order chi connectivity index (χ0) is 24.9. The number of methoxy groups -OCH3 is 2. The second-order valence-electron chi connectivity index (χ2n) is 9.10. The van der Waals surface area contributed by atoms with Crippen LogP contribution in [0.4, 0.5) is 0 Å². The molecule has 0 fully saturated rings. The summed E-state index contributed by atoms with van der Waals surface area (Å²) < 4.78 is 10.8. The van der Waals surface area contributed by atoms with Crippen molar-refractivity contribution >= 4 is 23.2 Å². The van der Waals surface area contributed by atoms with E-state index in [2.05, 4.69) is 19.2 Å². The summed E-state index contributed by atoms with van der Waals surface area (Å²) in [5.41, 5.74) is 2.35. The lowest BCUT2D eigenvalue weighted by Gasteiger charge is -2.42. The molecule has 0 radical (unpaired) electrons. The highest BCUT2D eigenvalue weighted by Crippen LogP contribution is 2.44. The average Bonchev–Trinajstić information content (AvgIpc) is 3.39. The summed E-state index contributed by atoms with van der Waals surface area (Å²) in [4.78, 5) is 30.2. The second kappa shape index (κ2) is 11.0. The molecule has 1 aliphatic rings. The van der Waals surface area contributed by atoms with Gasteiger partial charge in [-0.05, 0) is 59.2 Å². The number of hydrogen-bond donors (Lipinski definition) is 1. The van der Waals surface area contributed by atoms with Gasteiger partial charge in [0.1, 0.15) is 11.5 Å². The maximum Gasteiger partial charge on any atom is 0.254 e. The highest BCUT2D eigenvalue weighted by Gasteiger charge is 2.44. The zero-order valence-corrected chi connectivity index (χ0v) is 21.4. The van der Waals surface area contributed by atoms with Crippen molar-refractivity contribution < 1.29 is 19.1 Å². The number of rotatable bonds is 9. The van der Waals surface area contributed by atoms with E-state index in [1.807, 2.05) is 64.9 Å². The molecule has 3 aromatic rings. The third-order valence-electron chi connectivity index (χ3n) is 6.30. The van der Waals surface area contributed by atoms with Crippen LogP contribution in [0.2, 0.25) is 0 Å². The molecule has 4 rings (SSSR count). The third-order valence-corrected chi connectivity index (χ3v) is 7.24. The molecule has 0 saturated heterocycles. The molecule has 0 saturated carbocycles. The maximum absolute atomic E-state index is 13.8. The van der Waals surface area contributed by atoms with E-state index in [9.17, 15) is 9.59 Å². The van der Waals surface area contributed by atoms with Gasteiger partial charge in [-0.3, -0.25) is 9.59 Å². The van der Waals surface area contributed by atoms with Crippen LogP contribution in [0.5, 0.6) is 11.5 Å². The van der Waals surface area contributed by atoms with E-state index in [0.717, 1.165) is 27.5 Å². The van der Waals surface area contributed by atoms with Gasteiger partial charge in [0.05, 0.1) is 26.2 Å². The van der Waals surface area contributed by atoms with Crippen LogP contribution in [0.25, 0.3) is 0 Å². The first-order valence-electron chi connectivity index (χ1n) is 11.9. The standard InChI is InChI=1S/C28H32N2O4S/c1-18(2)17-30-26(24-10-7-15-35-24)25(21-8-5-6-9-22(21)28(30)32)27(31)29-14-13-19-16-20(33-3)11-12-23(19)34-4/h5-12,15-16,18,25-26H,13-14,17H2,1-4H3,(H,29,31)/t25-,26-/m1/s1. The van der Waals surface area contributed by atoms with Crippen molar-refractivity contribution in [2.75, 3.05) is 27.3 Å². The lowest BCUT2D eigenvalue weighted by Crippen LogP contribution is -2.48. The van der Waals surface area contributed by atoms with Gasteiger partial charge in [-0.1, -0.05) is 38.1 Å². The average molecular weight is 493 g/mol. The predicted molar refractivity (Wildman–Crippen MR) is 138 cm³/mol. The molecule has 7 heteroatoms. The monoisotopic (exact) mass is 492 g/mol. The number of benzene rings is 2. The molecule has 1 aliphatic heterocycles. The molecule has 0 bridgehead atoms. The van der Waals surface area contributed by atoms with Crippen LogP contribution < -0.4 is 14.8 Å². The Morgan fingerprint density at radius 1 is 1.09 bits per heavy atom. The predicted octanol–water partition coefficient (Wildman–Crippen LogP) is 5.06. The van der Waals surface area contributed by atoms with Crippen molar-refractivity contribution in [2.24, 2.45) is 5.92 Å². The summed E-state index contributed by atoms with van der Waals surface area (Å²) in [5, 5.41) is 5.14. The summed E-state index contributed by atoms with van der Waals surface area (Å²) in [5.74, 6) is 1.18. The first-order chi connectivity index (χ1) is 16.9. The molecular formula is C28H32N2O4S. The summed E-state index contributed by atoms with van der Waals surface area (Å²) in [6.07, 6.45) is 0.596. The normalized spacial score (nSPS) is 17.3. The third kappa shape index (κ3) is 5.20. The number of carbonyl (C=O) groups excluding carboxylic acids is 2. The van der Waals surface area contributed by atoms with Gasteiger partial charge in [0.2, 0.25) is 5.91 Å². The number of nitrogens with zero attached hydrogens (tertiary/aromatic N) is 1. The minimum Gasteiger partial charge on any atom is -0.497 e. The minimum absolute atomic E-state index is 0.0159. The Kier molecular flexibility index (Phi) is 7.76. The van der Waals surface area contributed by atoms with Crippen LogP contribution in [0, 0.1) is 5.92 Å². The van der Waals surface area contributed by atoms with Gasteiger partial charge in [0.15, 0.2) is 0 Å². The fraction of sp³-hybridized carbons (Fsp3) is 0.357. The van der Waals surface area contributed by atoms with Crippen LogP contribution in [0.1, 0.15) is 52.2 Å². The first kappa shape index (κ1) is 24.8. The molecule has 2 atom stereocenters. The van der Waals surface area contributed by atoms with Gasteiger partial charge in [-0.15, -0.1) is 11.3 Å². The van der Waals surface area contributed by atoms with Crippen molar-refractivity contribution in [1.82, 2.24) is 10.2 Å². The topological polar surface area (TPSA) is 67.9 Å². The van der Waals surface area contributed by atoms with E-state index < -0.39 is 5.92 Å².